The minimum absolute atomic E-state index is 0.185. The van der Waals surface area contributed by atoms with Crippen molar-refractivity contribution in [3.63, 3.8) is 0 Å². The largest absolute Gasteiger partial charge is 0.496 e. The van der Waals surface area contributed by atoms with Crippen LogP contribution in [0.2, 0.25) is 0 Å². The summed E-state index contributed by atoms with van der Waals surface area (Å²) in [5.74, 6) is -0.890. The Balaban J connectivity index is 0.00000379. The second-order valence-electron chi connectivity index (χ2n) is 7.04. The molecule has 1 aromatic rings. The predicted molar refractivity (Wildman–Crippen MR) is 106 cm³/mol. The molecule has 0 saturated heterocycles. The van der Waals surface area contributed by atoms with E-state index in [2.05, 4.69) is 0 Å². The fraction of sp³-hybridized carbons (Fsp3) is 0.571. The highest BCUT2D eigenvalue weighted by Gasteiger charge is 2.57. The lowest BCUT2D eigenvalue weighted by molar-refractivity contribution is -0.264. The molecule has 0 saturated carbocycles. The van der Waals surface area contributed by atoms with E-state index in [1.165, 1.54) is 40.0 Å². The number of nitrogens with one attached hydrogen (secondary N) is 1. The zero-order valence-electron chi connectivity index (χ0n) is 18.0. The van der Waals surface area contributed by atoms with Crippen LogP contribution in [0.3, 0.4) is 0 Å². The Labute approximate surface area is 170 Å². The van der Waals surface area contributed by atoms with Crippen LogP contribution in [-0.2, 0) is 10.2 Å². The molecule has 1 atom stereocenters. The number of methoxy groups -OCH3 is 1. The van der Waals surface area contributed by atoms with Crippen LogP contribution in [0.5, 0.6) is 5.75 Å². The van der Waals surface area contributed by atoms with E-state index in [0.717, 1.165) is 12.1 Å². The molecule has 0 aliphatic rings. The average molecular weight is 421 g/mol. The first kappa shape index (κ1) is 26.9. The van der Waals surface area contributed by atoms with E-state index in [1.807, 2.05) is 13.8 Å². The highest BCUT2D eigenvalue weighted by atomic mass is 19.4. The van der Waals surface area contributed by atoms with Gasteiger partial charge in [0.15, 0.2) is 11.5 Å². The van der Waals surface area contributed by atoms with Crippen LogP contribution in [-0.4, -0.2) is 29.9 Å². The number of rotatable bonds is 7. The standard InChI is InChI=1S/C19H25F4NO3.C2H6/c1-6-12(2)27-16(24)10-18(25,19(21,22)23)11-17(3,4)14-9-13(20)7-8-15(14)26-5;1-2/h6-9,24-25H,10-11H2,1-5H3;1-2H3/b12-6+,24-16?;. The number of allylic oxidation sites excluding steroid dienone is 2. The van der Waals surface area contributed by atoms with Crippen molar-refractivity contribution in [2.45, 2.75) is 71.6 Å². The van der Waals surface area contributed by atoms with Crippen molar-refractivity contribution in [1.29, 1.82) is 5.41 Å². The Kier molecular flexibility index (Phi) is 9.85. The number of ether oxygens (including phenoxy) is 2. The maximum absolute atomic E-state index is 13.7. The topological polar surface area (TPSA) is 62.5 Å². The van der Waals surface area contributed by atoms with Gasteiger partial charge in [-0.25, -0.2) is 4.39 Å². The van der Waals surface area contributed by atoms with Crippen LogP contribution in [0, 0.1) is 11.2 Å². The molecule has 2 N–H and O–H groups in total. The van der Waals surface area contributed by atoms with Crippen LogP contribution in [0.4, 0.5) is 17.6 Å². The molecule has 1 rings (SSSR count). The van der Waals surface area contributed by atoms with E-state index in [9.17, 15) is 22.7 Å². The Hall–Kier alpha value is -2.09. The van der Waals surface area contributed by atoms with Gasteiger partial charge >= 0.3 is 6.18 Å². The van der Waals surface area contributed by atoms with Gasteiger partial charge in [-0.3, -0.25) is 5.41 Å². The molecule has 29 heavy (non-hydrogen) atoms. The number of aliphatic hydroxyl groups is 1. The second kappa shape index (κ2) is 10.6. The summed E-state index contributed by atoms with van der Waals surface area (Å²) in [5.41, 5.74) is -4.36. The van der Waals surface area contributed by atoms with Crippen LogP contribution >= 0.6 is 0 Å². The predicted octanol–water partition coefficient (Wildman–Crippen LogP) is 6.13. The van der Waals surface area contributed by atoms with Crippen molar-refractivity contribution < 1.29 is 32.1 Å². The number of hydrogen-bond donors (Lipinski definition) is 2. The quantitative estimate of drug-likeness (QED) is 0.241. The summed E-state index contributed by atoms with van der Waals surface area (Å²) in [4.78, 5) is 0. The summed E-state index contributed by atoms with van der Waals surface area (Å²) in [6, 6.07) is 3.54. The van der Waals surface area contributed by atoms with E-state index in [-0.39, 0.29) is 17.1 Å². The zero-order valence-corrected chi connectivity index (χ0v) is 18.0. The smallest absolute Gasteiger partial charge is 0.417 e. The molecule has 0 fully saturated rings. The number of benzene rings is 1. The molecule has 0 radical (unpaired) electrons. The van der Waals surface area contributed by atoms with Crippen molar-refractivity contribution in [3.05, 3.63) is 41.4 Å². The second-order valence-corrected chi connectivity index (χ2v) is 7.04. The monoisotopic (exact) mass is 421 g/mol. The Morgan fingerprint density at radius 1 is 1.21 bits per heavy atom. The fourth-order valence-corrected chi connectivity index (χ4v) is 2.85. The van der Waals surface area contributed by atoms with E-state index in [1.54, 1.807) is 6.92 Å². The van der Waals surface area contributed by atoms with Gasteiger partial charge in [-0.15, -0.1) is 0 Å². The van der Waals surface area contributed by atoms with Gasteiger partial charge in [0.05, 0.1) is 19.3 Å². The van der Waals surface area contributed by atoms with Crippen molar-refractivity contribution in [3.8, 4) is 5.75 Å². The lowest BCUT2D eigenvalue weighted by Gasteiger charge is -2.38. The summed E-state index contributed by atoms with van der Waals surface area (Å²) in [5, 5.41) is 18.1. The Morgan fingerprint density at radius 2 is 1.76 bits per heavy atom. The molecule has 1 aromatic carbocycles. The lowest BCUT2D eigenvalue weighted by atomic mass is 9.73. The zero-order chi connectivity index (χ0) is 23.0. The molecule has 0 spiro atoms. The number of alkyl halides is 3. The van der Waals surface area contributed by atoms with Crippen molar-refractivity contribution in [1.82, 2.24) is 0 Å². The first-order valence-corrected chi connectivity index (χ1v) is 9.27. The summed E-state index contributed by atoms with van der Waals surface area (Å²) in [6.07, 6.45) is -5.42. The van der Waals surface area contributed by atoms with Crippen molar-refractivity contribution in [2.24, 2.45) is 0 Å². The van der Waals surface area contributed by atoms with Crippen LogP contribution < -0.4 is 4.74 Å². The maximum atomic E-state index is 13.7. The highest BCUT2D eigenvalue weighted by molar-refractivity contribution is 5.75. The first-order chi connectivity index (χ1) is 13.3. The van der Waals surface area contributed by atoms with Gasteiger partial charge in [0, 0.05) is 5.56 Å². The summed E-state index contributed by atoms with van der Waals surface area (Å²) < 4.78 is 64.8. The fourth-order valence-electron chi connectivity index (χ4n) is 2.85. The SMILES string of the molecule is C/C=C(\C)OC(=N)CC(O)(CC(C)(C)c1cc(F)ccc1OC)C(F)(F)F.CC. The first-order valence-electron chi connectivity index (χ1n) is 9.27. The van der Waals surface area contributed by atoms with Gasteiger partial charge in [-0.05, 0) is 50.0 Å². The van der Waals surface area contributed by atoms with Crippen molar-refractivity contribution >= 4 is 5.90 Å². The van der Waals surface area contributed by atoms with Crippen LogP contribution in [0.15, 0.2) is 30.0 Å². The van der Waals surface area contributed by atoms with Gasteiger partial charge in [0.2, 0.25) is 0 Å². The molecule has 0 aliphatic heterocycles. The molecule has 0 aromatic heterocycles. The molecule has 0 heterocycles. The van der Waals surface area contributed by atoms with Crippen LogP contribution in [0.25, 0.3) is 0 Å². The highest BCUT2D eigenvalue weighted by Crippen LogP contribution is 2.45. The van der Waals surface area contributed by atoms with E-state index < -0.39 is 41.7 Å². The molecule has 0 amide bonds. The Morgan fingerprint density at radius 3 is 2.21 bits per heavy atom. The third kappa shape index (κ3) is 7.34. The van der Waals surface area contributed by atoms with E-state index >= 15 is 0 Å². The molecular formula is C21H31F4NO3. The average Bonchev–Trinajstić information content (AvgIpc) is 2.61. The minimum atomic E-state index is -5.02. The molecule has 0 aliphatic carbocycles. The third-order valence-corrected chi connectivity index (χ3v) is 4.30. The number of halogens is 4. The van der Waals surface area contributed by atoms with Gasteiger partial charge in [-0.1, -0.05) is 27.7 Å². The lowest BCUT2D eigenvalue weighted by Crippen LogP contribution is -2.50. The molecule has 166 valence electrons. The van der Waals surface area contributed by atoms with Crippen molar-refractivity contribution in [2.75, 3.05) is 7.11 Å². The van der Waals surface area contributed by atoms with Gasteiger partial charge < -0.3 is 14.6 Å². The van der Waals surface area contributed by atoms with E-state index in [4.69, 9.17) is 14.9 Å². The molecule has 0 bridgehead atoms. The van der Waals surface area contributed by atoms with Gasteiger partial charge in [-0.2, -0.15) is 13.2 Å². The van der Waals surface area contributed by atoms with Gasteiger partial charge in [0.25, 0.3) is 0 Å². The van der Waals surface area contributed by atoms with Crippen LogP contribution in [0.1, 0.15) is 59.9 Å². The summed E-state index contributed by atoms with van der Waals surface area (Å²) in [7, 11) is 1.33. The minimum Gasteiger partial charge on any atom is -0.496 e. The third-order valence-electron chi connectivity index (χ3n) is 4.30. The van der Waals surface area contributed by atoms with E-state index in [0.29, 0.717) is 0 Å². The summed E-state index contributed by atoms with van der Waals surface area (Å²) in [6.45, 7) is 9.99. The molecule has 1 unspecified atom stereocenters. The molecular weight excluding hydrogens is 390 g/mol. The normalized spacial score (nSPS) is 14.4. The molecule has 8 heteroatoms. The number of hydrogen-bond acceptors (Lipinski definition) is 4. The molecule has 4 nitrogen and oxygen atoms in total. The van der Waals surface area contributed by atoms with Gasteiger partial charge in [0.1, 0.15) is 11.6 Å². The Bertz CT molecular complexity index is 714. The maximum Gasteiger partial charge on any atom is 0.417 e. The summed E-state index contributed by atoms with van der Waals surface area (Å²) >= 11 is 0.